The Labute approximate surface area is 67.4 Å². The molecule has 0 fully saturated rings. The summed E-state index contributed by atoms with van der Waals surface area (Å²) in [5.74, 6) is -0.143. The lowest BCUT2D eigenvalue weighted by atomic mass is 9.83. The molecule has 0 aliphatic carbocycles. The van der Waals surface area contributed by atoms with Crippen molar-refractivity contribution in [2.45, 2.75) is 27.7 Å². The zero-order chi connectivity index (χ0) is 9.28. The van der Waals surface area contributed by atoms with E-state index in [0.29, 0.717) is 0 Å². The van der Waals surface area contributed by atoms with Crippen molar-refractivity contribution in [1.29, 1.82) is 0 Å². The summed E-state index contributed by atoms with van der Waals surface area (Å²) in [6, 6.07) is 0. The summed E-state index contributed by atoms with van der Waals surface area (Å²) in [6.07, 6.45) is -0.351. The van der Waals surface area contributed by atoms with Gasteiger partial charge in [0.2, 0.25) is 0 Å². The summed E-state index contributed by atoms with van der Waals surface area (Å²) in [7, 11) is -4.57. The largest absolute Gasteiger partial charge is 0.775 e. The van der Waals surface area contributed by atoms with Gasteiger partial charge >= 0.3 is 0 Å². The van der Waals surface area contributed by atoms with Crippen LogP contribution < -0.4 is 4.89 Å². The van der Waals surface area contributed by atoms with E-state index in [1.165, 1.54) is 0 Å². The first-order valence-electron chi connectivity index (χ1n) is 3.62. The van der Waals surface area contributed by atoms with Gasteiger partial charge in [0, 0.05) is 6.16 Å². The highest BCUT2D eigenvalue weighted by molar-refractivity contribution is 7.50. The van der Waals surface area contributed by atoms with E-state index >= 15 is 0 Å². The Balaban J connectivity index is 4.10. The molecule has 0 aliphatic rings. The molecule has 0 radical (unpaired) electrons. The van der Waals surface area contributed by atoms with Crippen molar-refractivity contribution in [3.63, 3.8) is 0 Å². The van der Waals surface area contributed by atoms with Crippen LogP contribution in [0.5, 0.6) is 0 Å². The summed E-state index contributed by atoms with van der Waals surface area (Å²) >= 11 is 0. The molecule has 0 saturated heterocycles. The molecule has 0 aromatic heterocycles. The number of hydrogen-bond donors (Lipinski definition) is 0. The van der Waals surface area contributed by atoms with Gasteiger partial charge in [0.1, 0.15) is 0 Å². The molecule has 68 valence electrons. The van der Waals surface area contributed by atoms with Crippen molar-refractivity contribution in [1.82, 2.24) is 0 Å². The topological polar surface area (TPSA) is 40.1 Å². The summed E-state index contributed by atoms with van der Waals surface area (Å²) in [4.78, 5) is 10.2. The fourth-order valence-electron chi connectivity index (χ4n) is 0.601. The van der Waals surface area contributed by atoms with Gasteiger partial charge in [-0.3, -0.25) is 0 Å². The minimum absolute atomic E-state index is 0.143. The average molecular weight is 181 g/mol. The fourth-order valence-corrected chi connectivity index (χ4v) is 1.80. The summed E-state index contributed by atoms with van der Waals surface area (Å²) in [6.45, 7) is 7.43. The Morgan fingerprint density at radius 2 is 1.91 bits per heavy atom. The first-order chi connectivity index (χ1) is 4.63. The van der Waals surface area contributed by atoms with Crippen LogP contribution in [0.4, 0.5) is 4.20 Å². The number of hydrogen-bond acceptors (Lipinski definition) is 2. The van der Waals surface area contributed by atoms with Crippen LogP contribution in [0.1, 0.15) is 27.7 Å². The first-order valence-corrected chi connectivity index (χ1v) is 5.33. The number of halogens is 1. The van der Waals surface area contributed by atoms with E-state index in [1.54, 1.807) is 6.92 Å². The van der Waals surface area contributed by atoms with Gasteiger partial charge < -0.3 is 9.46 Å². The SMILES string of the molecule is CC(CP(=O)([O-])F)C(C)(C)C. The van der Waals surface area contributed by atoms with Crippen LogP contribution in [0, 0.1) is 11.3 Å². The van der Waals surface area contributed by atoms with Gasteiger partial charge in [-0.05, 0) is 11.3 Å². The van der Waals surface area contributed by atoms with Crippen molar-refractivity contribution in [3.05, 3.63) is 0 Å². The van der Waals surface area contributed by atoms with Crippen molar-refractivity contribution in [2.24, 2.45) is 11.3 Å². The van der Waals surface area contributed by atoms with Gasteiger partial charge in [-0.25, -0.2) is 4.20 Å². The van der Waals surface area contributed by atoms with E-state index in [-0.39, 0.29) is 17.5 Å². The zero-order valence-corrected chi connectivity index (χ0v) is 8.32. The van der Waals surface area contributed by atoms with Crippen molar-refractivity contribution < 1.29 is 13.7 Å². The van der Waals surface area contributed by atoms with E-state index in [0.717, 1.165) is 0 Å². The lowest BCUT2D eigenvalue weighted by Gasteiger charge is -2.29. The van der Waals surface area contributed by atoms with Crippen LogP contribution in [0.2, 0.25) is 0 Å². The van der Waals surface area contributed by atoms with E-state index in [4.69, 9.17) is 0 Å². The Morgan fingerprint density at radius 3 is 2.00 bits per heavy atom. The van der Waals surface area contributed by atoms with Crippen molar-refractivity contribution in [2.75, 3.05) is 6.16 Å². The summed E-state index contributed by atoms with van der Waals surface area (Å²) < 4.78 is 22.4. The highest BCUT2D eigenvalue weighted by atomic mass is 31.2. The fraction of sp³-hybridized carbons (Fsp3) is 1.00. The highest BCUT2D eigenvalue weighted by Gasteiger charge is 2.23. The lowest BCUT2D eigenvalue weighted by molar-refractivity contribution is -0.187. The van der Waals surface area contributed by atoms with Crippen LogP contribution in [0.15, 0.2) is 0 Å². The van der Waals surface area contributed by atoms with Crippen LogP contribution in [-0.4, -0.2) is 6.16 Å². The maximum Gasteiger partial charge on any atom is 0.181 e. The number of rotatable bonds is 2. The molecule has 2 unspecified atom stereocenters. The minimum atomic E-state index is -4.57. The summed E-state index contributed by atoms with van der Waals surface area (Å²) in [5, 5.41) is 0. The van der Waals surface area contributed by atoms with Crippen LogP contribution in [0.25, 0.3) is 0 Å². The standard InChI is InChI=1S/C7H16FO2P/c1-6(7(2,3)4)5-11(8,9)10/h6H,5H2,1-4H3,(H,9,10)/p-1. The maximum atomic E-state index is 12.2. The van der Waals surface area contributed by atoms with Gasteiger partial charge in [0.05, 0.1) is 0 Å². The molecule has 11 heavy (non-hydrogen) atoms. The Bertz CT molecular complexity index is 168. The zero-order valence-electron chi connectivity index (χ0n) is 7.43. The Hall–Kier alpha value is 0.120. The van der Waals surface area contributed by atoms with Crippen LogP contribution in [-0.2, 0) is 4.57 Å². The molecule has 0 N–H and O–H groups in total. The van der Waals surface area contributed by atoms with Gasteiger partial charge in [-0.2, -0.15) is 0 Å². The smallest absolute Gasteiger partial charge is 0.181 e. The second-order valence-corrected chi connectivity index (χ2v) is 5.59. The molecule has 0 amide bonds. The lowest BCUT2D eigenvalue weighted by Crippen LogP contribution is -2.22. The molecule has 0 aromatic carbocycles. The van der Waals surface area contributed by atoms with Gasteiger partial charge in [-0.15, -0.1) is 0 Å². The highest BCUT2D eigenvalue weighted by Crippen LogP contribution is 2.43. The molecule has 0 bridgehead atoms. The molecule has 0 aromatic rings. The normalized spacial score (nSPS) is 20.9. The van der Waals surface area contributed by atoms with E-state index in [2.05, 4.69) is 0 Å². The molecule has 0 rings (SSSR count). The van der Waals surface area contributed by atoms with E-state index in [9.17, 15) is 13.7 Å². The molecular formula is C7H15FO2P-. The maximum absolute atomic E-state index is 12.2. The quantitative estimate of drug-likeness (QED) is 0.612. The van der Waals surface area contributed by atoms with E-state index in [1.807, 2.05) is 20.8 Å². The molecular weight excluding hydrogens is 166 g/mol. The molecule has 0 heterocycles. The minimum Gasteiger partial charge on any atom is -0.775 e. The molecule has 2 atom stereocenters. The van der Waals surface area contributed by atoms with E-state index < -0.39 is 7.68 Å². The van der Waals surface area contributed by atoms with Crippen molar-refractivity contribution >= 4 is 7.68 Å². The van der Waals surface area contributed by atoms with Crippen molar-refractivity contribution in [3.8, 4) is 0 Å². The Morgan fingerprint density at radius 1 is 1.55 bits per heavy atom. The molecule has 0 aliphatic heterocycles. The second-order valence-electron chi connectivity index (χ2n) is 4.04. The molecule has 4 heteroatoms. The third-order valence-electron chi connectivity index (χ3n) is 1.97. The Kier molecular flexibility index (Phi) is 3.27. The van der Waals surface area contributed by atoms with Gasteiger partial charge in [0.25, 0.3) is 0 Å². The first kappa shape index (κ1) is 11.1. The average Bonchev–Trinajstić information content (AvgIpc) is 1.56. The van der Waals surface area contributed by atoms with Gasteiger partial charge in [0.15, 0.2) is 7.68 Å². The van der Waals surface area contributed by atoms with Crippen LogP contribution >= 0.6 is 7.68 Å². The second kappa shape index (κ2) is 3.24. The monoisotopic (exact) mass is 181 g/mol. The third-order valence-corrected chi connectivity index (χ3v) is 2.95. The third kappa shape index (κ3) is 5.40. The summed E-state index contributed by atoms with van der Waals surface area (Å²) in [5.41, 5.74) is -0.147. The van der Waals surface area contributed by atoms with Crippen LogP contribution in [0.3, 0.4) is 0 Å². The molecule has 0 spiro atoms. The predicted octanol–water partition coefficient (Wildman–Crippen LogP) is 2.19. The molecule has 2 nitrogen and oxygen atoms in total. The van der Waals surface area contributed by atoms with Gasteiger partial charge in [-0.1, -0.05) is 27.7 Å². The molecule has 0 saturated carbocycles. The predicted molar refractivity (Wildman–Crippen MR) is 42.2 cm³/mol.